The molecule has 1 heterocycles. The molecule has 19 heavy (non-hydrogen) atoms. The molecule has 0 saturated carbocycles. The molecule has 0 radical (unpaired) electrons. The molecule has 0 aliphatic heterocycles. The van der Waals surface area contributed by atoms with Gasteiger partial charge in [-0.2, -0.15) is 0 Å². The largest absolute Gasteiger partial charge is 0.491 e. The Morgan fingerprint density at radius 2 is 2.11 bits per heavy atom. The Hall–Kier alpha value is -2.15. The summed E-state index contributed by atoms with van der Waals surface area (Å²) in [5.41, 5.74) is 11.6. The summed E-state index contributed by atoms with van der Waals surface area (Å²) in [5.74, 6) is 1.48. The van der Waals surface area contributed by atoms with Crippen LogP contribution in [0.5, 0.6) is 5.75 Å². The minimum Gasteiger partial charge on any atom is -0.491 e. The molecule has 0 unspecified atom stereocenters. The topological polar surface area (TPSA) is 107 Å². The van der Waals surface area contributed by atoms with Crippen molar-refractivity contribution in [1.82, 2.24) is 9.97 Å². The summed E-state index contributed by atoms with van der Waals surface area (Å²) in [5, 5.41) is 0.481. The predicted octanol–water partition coefficient (Wildman–Crippen LogP) is 1.11. The summed E-state index contributed by atoms with van der Waals surface area (Å²) in [6, 6.07) is 8.53. The number of hydrogen-bond acceptors (Lipinski definition) is 6. The van der Waals surface area contributed by atoms with Crippen molar-refractivity contribution in [2.45, 2.75) is 5.16 Å². The van der Waals surface area contributed by atoms with Crippen molar-refractivity contribution in [2.75, 3.05) is 23.8 Å². The van der Waals surface area contributed by atoms with Crippen LogP contribution < -0.4 is 21.8 Å². The summed E-state index contributed by atoms with van der Waals surface area (Å²) >= 11 is 1.36. The highest BCUT2D eigenvalue weighted by Gasteiger charge is 2.01. The van der Waals surface area contributed by atoms with Gasteiger partial charge in [0.2, 0.25) is 0 Å². The van der Waals surface area contributed by atoms with Crippen LogP contribution >= 0.6 is 11.8 Å². The van der Waals surface area contributed by atoms with Crippen LogP contribution in [-0.2, 0) is 0 Å². The first kappa shape index (κ1) is 13.3. The smallest absolute Gasteiger partial charge is 0.253 e. The van der Waals surface area contributed by atoms with Crippen LogP contribution in [-0.4, -0.2) is 22.3 Å². The van der Waals surface area contributed by atoms with Gasteiger partial charge in [-0.15, -0.1) is 0 Å². The third-order valence-electron chi connectivity index (χ3n) is 2.24. The van der Waals surface area contributed by atoms with Gasteiger partial charge in [-0.1, -0.05) is 23.9 Å². The maximum absolute atomic E-state index is 11.2. The molecule has 0 aliphatic carbocycles. The van der Waals surface area contributed by atoms with Gasteiger partial charge in [0.25, 0.3) is 5.56 Å². The Morgan fingerprint density at radius 1 is 1.32 bits per heavy atom. The quantitative estimate of drug-likeness (QED) is 0.327. The fourth-order valence-electron chi connectivity index (χ4n) is 1.42. The van der Waals surface area contributed by atoms with Crippen molar-refractivity contribution < 1.29 is 4.74 Å². The number of nitrogen functional groups attached to an aromatic ring is 2. The van der Waals surface area contributed by atoms with Crippen molar-refractivity contribution in [3.63, 3.8) is 0 Å². The second kappa shape index (κ2) is 6.14. The molecular formula is C12H14N4O2S. The second-order valence-electron chi connectivity index (χ2n) is 3.71. The lowest BCUT2D eigenvalue weighted by Gasteiger charge is -2.07. The third-order valence-corrected chi connectivity index (χ3v) is 3.08. The molecule has 2 rings (SSSR count). The molecule has 2 aromatic rings. The molecule has 0 saturated heterocycles. The van der Waals surface area contributed by atoms with Gasteiger partial charge in [-0.05, 0) is 12.1 Å². The summed E-state index contributed by atoms with van der Waals surface area (Å²) in [6.45, 7) is 0.456. The fourth-order valence-corrected chi connectivity index (χ4v) is 2.13. The van der Waals surface area contributed by atoms with Crippen molar-refractivity contribution in [2.24, 2.45) is 0 Å². The SMILES string of the molecule is Nc1cc(=O)[nH]c(SCCOc2ccccc2N)n1. The fraction of sp³-hybridized carbons (Fsp3) is 0.167. The summed E-state index contributed by atoms with van der Waals surface area (Å²) < 4.78 is 5.52. The number of nitrogens with zero attached hydrogens (tertiary/aromatic N) is 1. The number of H-pyrrole nitrogens is 1. The Labute approximate surface area is 114 Å². The van der Waals surface area contributed by atoms with Gasteiger partial charge >= 0.3 is 0 Å². The average molecular weight is 278 g/mol. The second-order valence-corrected chi connectivity index (χ2v) is 4.79. The highest BCUT2D eigenvalue weighted by molar-refractivity contribution is 7.99. The number of hydrogen-bond donors (Lipinski definition) is 3. The van der Waals surface area contributed by atoms with E-state index in [2.05, 4.69) is 9.97 Å². The van der Waals surface area contributed by atoms with Crippen LogP contribution in [0.15, 0.2) is 40.3 Å². The van der Waals surface area contributed by atoms with Gasteiger partial charge in [0.15, 0.2) is 5.16 Å². The number of aromatic amines is 1. The molecule has 0 aliphatic rings. The lowest BCUT2D eigenvalue weighted by Crippen LogP contribution is -2.10. The molecule has 100 valence electrons. The maximum atomic E-state index is 11.2. The van der Waals surface area contributed by atoms with Crippen molar-refractivity contribution in [1.29, 1.82) is 0 Å². The monoisotopic (exact) mass is 278 g/mol. The average Bonchev–Trinajstić information content (AvgIpc) is 2.35. The number of anilines is 2. The Morgan fingerprint density at radius 3 is 2.84 bits per heavy atom. The molecule has 7 heteroatoms. The number of nitrogens with one attached hydrogen (secondary N) is 1. The molecule has 1 aromatic carbocycles. The van der Waals surface area contributed by atoms with E-state index in [1.54, 1.807) is 12.1 Å². The molecule has 0 bridgehead atoms. The molecule has 6 nitrogen and oxygen atoms in total. The molecule has 0 spiro atoms. The van der Waals surface area contributed by atoms with Gasteiger partial charge in [-0.3, -0.25) is 4.79 Å². The van der Waals surface area contributed by atoms with E-state index in [4.69, 9.17) is 16.2 Å². The summed E-state index contributed by atoms with van der Waals surface area (Å²) in [6.07, 6.45) is 0. The van der Waals surface area contributed by atoms with E-state index in [0.29, 0.717) is 29.0 Å². The minimum absolute atomic E-state index is 0.208. The van der Waals surface area contributed by atoms with E-state index in [1.165, 1.54) is 17.8 Å². The number of rotatable bonds is 5. The Balaban J connectivity index is 1.84. The highest BCUT2D eigenvalue weighted by Crippen LogP contribution is 2.20. The van der Waals surface area contributed by atoms with Crippen molar-refractivity contribution in [3.8, 4) is 5.75 Å². The zero-order valence-electron chi connectivity index (χ0n) is 10.1. The standard InChI is InChI=1S/C12H14N4O2S/c13-8-3-1-2-4-9(8)18-5-6-19-12-15-10(14)7-11(17)16-12/h1-4,7H,5-6,13H2,(H3,14,15,16,17). The van der Waals surface area contributed by atoms with Crippen LogP contribution in [0.1, 0.15) is 0 Å². The van der Waals surface area contributed by atoms with Gasteiger partial charge in [0.05, 0.1) is 12.3 Å². The van der Waals surface area contributed by atoms with Crippen LogP contribution in [0, 0.1) is 0 Å². The van der Waals surface area contributed by atoms with Crippen molar-refractivity contribution in [3.05, 3.63) is 40.7 Å². The number of aromatic nitrogens is 2. The van der Waals surface area contributed by atoms with Gasteiger partial charge in [0, 0.05) is 11.8 Å². The summed E-state index contributed by atoms with van der Waals surface area (Å²) in [4.78, 5) is 17.8. The van der Waals surface area contributed by atoms with E-state index < -0.39 is 0 Å². The zero-order valence-corrected chi connectivity index (χ0v) is 10.9. The molecule has 0 fully saturated rings. The van der Waals surface area contributed by atoms with Gasteiger partial charge in [-0.25, -0.2) is 4.98 Å². The number of nitrogens with two attached hydrogens (primary N) is 2. The predicted molar refractivity (Wildman–Crippen MR) is 76.3 cm³/mol. The van der Waals surface area contributed by atoms with Gasteiger partial charge in [0.1, 0.15) is 11.6 Å². The normalized spacial score (nSPS) is 10.3. The minimum atomic E-state index is -0.261. The lowest BCUT2D eigenvalue weighted by atomic mass is 10.3. The molecular weight excluding hydrogens is 264 g/mol. The molecule has 5 N–H and O–H groups in total. The first-order valence-electron chi connectivity index (χ1n) is 5.62. The lowest BCUT2D eigenvalue weighted by molar-refractivity contribution is 0.345. The maximum Gasteiger partial charge on any atom is 0.253 e. The molecule has 1 aromatic heterocycles. The van der Waals surface area contributed by atoms with E-state index in [-0.39, 0.29) is 11.4 Å². The molecule has 0 amide bonds. The first-order chi connectivity index (χ1) is 9.15. The highest BCUT2D eigenvalue weighted by atomic mass is 32.2. The number of ether oxygens (including phenoxy) is 1. The number of para-hydroxylation sites is 2. The van der Waals surface area contributed by atoms with Crippen LogP contribution in [0.25, 0.3) is 0 Å². The third kappa shape index (κ3) is 3.92. The number of thioether (sulfide) groups is 1. The van der Waals surface area contributed by atoms with E-state index in [1.807, 2.05) is 12.1 Å². The first-order valence-corrected chi connectivity index (χ1v) is 6.60. The van der Waals surface area contributed by atoms with E-state index in [9.17, 15) is 4.79 Å². The number of benzene rings is 1. The Kier molecular flexibility index (Phi) is 4.30. The molecule has 0 atom stereocenters. The zero-order chi connectivity index (χ0) is 13.7. The van der Waals surface area contributed by atoms with Crippen LogP contribution in [0.4, 0.5) is 11.5 Å². The van der Waals surface area contributed by atoms with Gasteiger partial charge < -0.3 is 21.2 Å². The van der Waals surface area contributed by atoms with E-state index in [0.717, 1.165) is 0 Å². The summed E-state index contributed by atoms with van der Waals surface area (Å²) in [7, 11) is 0. The van der Waals surface area contributed by atoms with E-state index >= 15 is 0 Å². The van der Waals surface area contributed by atoms with Crippen LogP contribution in [0.2, 0.25) is 0 Å². The van der Waals surface area contributed by atoms with Crippen molar-refractivity contribution >= 4 is 23.3 Å². The van der Waals surface area contributed by atoms with Crippen LogP contribution in [0.3, 0.4) is 0 Å². The Bertz CT molecular complexity index is 615.